The summed E-state index contributed by atoms with van der Waals surface area (Å²) in [4.78, 5) is 49.2. The molecule has 0 spiro atoms. The van der Waals surface area contributed by atoms with Gasteiger partial charge in [-0.15, -0.1) is 0 Å². The Hall–Kier alpha value is -6.58. The molecule has 0 aliphatic heterocycles. The van der Waals surface area contributed by atoms with E-state index < -0.39 is 56.2 Å². The summed E-state index contributed by atoms with van der Waals surface area (Å²) in [7, 11) is 2.71. The van der Waals surface area contributed by atoms with Crippen LogP contribution in [0.4, 0.5) is 43.7 Å². The maximum atomic E-state index is 14.0. The summed E-state index contributed by atoms with van der Waals surface area (Å²) in [6.45, 7) is 0. The number of nitrogens with one attached hydrogen (secondary N) is 2. The highest BCUT2D eigenvalue weighted by Gasteiger charge is 2.35. The van der Waals surface area contributed by atoms with E-state index >= 15 is 0 Å². The Morgan fingerprint density at radius 2 is 1.02 bits per heavy atom. The molecule has 4 rings (SSSR count). The van der Waals surface area contributed by atoms with Crippen molar-refractivity contribution in [3.05, 3.63) is 105 Å². The Kier molecular flexibility index (Phi) is 8.94. The number of carbonyl (C=O) groups is 2. The smallest absolute Gasteiger partial charge is 0.346 e. The zero-order valence-corrected chi connectivity index (χ0v) is 23.0. The van der Waals surface area contributed by atoms with Crippen molar-refractivity contribution >= 4 is 46.2 Å². The van der Waals surface area contributed by atoms with Crippen LogP contribution in [0.15, 0.2) is 84.9 Å². The van der Waals surface area contributed by atoms with Crippen LogP contribution in [-0.2, 0) is 0 Å². The number of phenolic OH excluding ortho intramolecular Hbond substituents is 2. The highest BCUT2D eigenvalue weighted by molar-refractivity contribution is 6.14. The average molecular weight is 605 g/mol. The zero-order chi connectivity index (χ0) is 32.0. The second kappa shape index (κ2) is 12.9. The van der Waals surface area contributed by atoms with Crippen LogP contribution in [0.3, 0.4) is 0 Å². The number of hydrogen-bond donors (Lipinski definition) is 4. The molecule has 0 fully saturated rings. The third kappa shape index (κ3) is 6.33. The van der Waals surface area contributed by atoms with Crippen molar-refractivity contribution in [2.45, 2.75) is 0 Å². The highest BCUT2D eigenvalue weighted by Crippen LogP contribution is 2.39. The number of urea groups is 2. The first-order chi connectivity index (χ1) is 21.0. The van der Waals surface area contributed by atoms with Gasteiger partial charge >= 0.3 is 12.1 Å². The fourth-order valence-corrected chi connectivity index (χ4v) is 4.06. The lowest BCUT2D eigenvalue weighted by molar-refractivity contribution is -0.385. The lowest BCUT2D eigenvalue weighted by Gasteiger charge is -2.35. The van der Waals surface area contributed by atoms with Crippen LogP contribution in [0, 0.1) is 20.2 Å². The molecular weight excluding hydrogens is 580 g/mol. The quantitative estimate of drug-likeness (QED) is 0.144. The van der Waals surface area contributed by atoms with Crippen molar-refractivity contribution in [3.8, 4) is 23.0 Å². The van der Waals surface area contributed by atoms with Gasteiger partial charge in [0.05, 0.1) is 47.6 Å². The largest absolute Gasteiger partial charge is 0.505 e. The molecule has 226 valence electrons. The number of nitrogens with zero attached hydrogens (tertiary/aromatic N) is 4. The molecule has 4 amide bonds. The van der Waals surface area contributed by atoms with E-state index in [1.54, 1.807) is 24.3 Å². The number of hydrazine groups is 1. The summed E-state index contributed by atoms with van der Waals surface area (Å²) in [6, 6.07) is 15.7. The summed E-state index contributed by atoms with van der Waals surface area (Å²) < 4.78 is 10.6. The molecule has 0 unspecified atom stereocenters. The Bertz CT molecular complexity index is 1620. The second-order valence-electron chi connectivity index (χ2n) is 8.74. The summed E-state index contributed by atoms with van der Waals surface area (Å²) in [5, 5.41) is 50.7. The van der Waals surface area contributed by atoms with Crippen LogP contribution in [0.2, 0.25) is 0 Å². The summed E-state index contributed by atoms with van der Waals surface area (Å²) in [5.41, 5.74) is -1.69. The monoisotopic (exact) mass is 604 g/mol. The van der Waals surface area contributed by atoms with Crippen LogP contribution in [0.25, 0.3) is 0 Å². The molecule has 16 nitrogen and oxygen atoms in total. The van der Waals surface area contributed by atoms with Crippen molar-refractivity contribution in [3.63, 3.8) is 0 Å². The number of anilines is 4. The SMILES string of the molecule is COc1ccccc1NC(=O)N(c1ccc([N+](=O)[O-])cc1O)N(C(=O)Nc1ccccc1OC)c1ccc([N+](=O)[O-])cc1O. The first-order valence-electron chi connectivity index (χ1n) is 12.5. The fraction of sp³-hybridized carbons (Fsp3) is 0.0714. The number of methoxy groups -OCH3 is 2. The van der Waals surface area contributed by atoms with Gasteiger partial charge in [0.15, 0.2) is 0 Å². The van der Waals surface area contributed by atoms with E-state index in [4.69, 9.17) is 9.47 Å². The number of amides is 4. The Labute approximate surface area is 248 Å². The number of nitro groups is 2. The highest BCUT2D eigenvalue weighted by atomic mass is 16.6. The van der Waals surface area contributed by atoms with Crippen molar-refractivity contribution in [1.82, 2.24) is 0 Å². The lowest BCUT2D eigenvalue weighted by atomic mass is 10.2. The minimum absolute atomic E-state index is 0.129. The Morgan fingerprint density at radius 3 is 1.34 bits per heavy atom. The summed E-state index contributed by atoms with van der Waals surface area (Å²) in [6.07, 6.45) is 0. The van der Waals surface area contributed by atoms with Crippen LogP contribution in [-0.4, -0.2) is 46.3 Å². The van der Waals surface area contributed by atoms with Crippen molar-refractivity contribution in [2.75, 3.05) is 34.9 Å². The molecule has 0 aliphatic carbocycles. The zero-order valence-electron chi connectivity index (χ0n) is 23.0. The molecule has 0 aliphatic rings. The molecule has 0 bridgehead atoms. The van der Waals surface area contributed by atoms with E-state index in [-0.39, 0.29) is 22.9 Å². The maximum absolute atomic E-state index is 14.0. The first-order valence-corrected chi connectivity index (χ1v) is 12.5. The number of carbonyl (C=O) groups excluding carboxylic acids is 2. The van der Waals surface area contributed by atoms with Gasteiger partial charge in [-0.05, 0) is 36.4 Å². The molecule has 0 heterocycles. The van der Waals surface area contributed by atoms with Gasteiger partial charge in [-0.2, -0.15) is 10.0 Å². The van der Waals surface area contributed by atoms with Gasteiger partial charge < -0.3 is 30.3 Å². The molecule has 44 heavy (non-hydrogen) atoms. The van der Waals surface area contributed by atoms with E-state index in [0.717, 1.165) is 36.4 Å². The molecule has 0 saturated carbocycles. The molecular formula is C28H24N6O10. The third-order valence-corrected chi connectivity index (χ3v) is 6.08. The number of phenols is 2. The van der Waals surface area contributed by atoms with Gasteiger partial charge in [-0.1, -0.05) is 24.3 Å². The van der Waals surface area contributed by atoms with Crippen molar-refractivity contribution < 1.29 is 39.1 Å². The first kappa shape index (κ1) is 30.4. The standard InChI is InChI=1S/C28H24N6O10/c1-43-25-9-5-3-7-19(25)29-27(37)31(21-13-11-17(33(39)40)15-23(21)35)32(22-14-12-18(34(41)42)16-24(22)36)28(38)30-20-8-4-6-10-26(20)44-2/h3-16,35-36H,1-2H3,(H,29,37)(H,30,38). The maximum Gasteiger partial charge on any atom is 0.346 e. The topological polar surface area (TPSA) is 210 Å². The van der Waals surface area contributed by atoms with Gasteiger partial charge in [0, 0.05) is 12.1 Å². The van der Waals surface area contributed by atoms with Crippen LogP contribution in [0.5, 0.6) is 23.0 Å². The fourth-order valence-electron chi connectivity index (χ4n) is 4.06. The van der Waals surface area contributed by atoms with Gasteiger partial charge in [-0.3, -0.25) is 20.2 Å². The van der Waals surface area contributed by atoms with Gasteiger partial charge in [0.1, 0.15) is 34.4 Å². The second-order valence-corrected chi connectivity index (χ2v) is 8.74. The van der Waals surface area contributed by atoms with E-state index in [1.807, 2.05) is 0 Å². The van der Waals surface area contributed by atoms with Crippen LogP contribution < -0.4 is 30.1 Å². The molecule has 4 N–H and O–H groups in total. The molecule has 0 radical (unpaired) electrons. The number of rotatable bonds is 8. The molecule has 4 aromatic carbocycles. The average Bonchev–Trinajstić information content (AvgIpc) is 3.00. The van der Waals surface area contributed by atoms with Gasteiger partial charge in [-0.25, -0.2) is 9.59 Å². The number of non-ortho nitro benzene ring substituents is 2. The summed E-state index contributed by atoms with van der Waals surface area (Å²) >= 11 is 0. The molecule has 0 saturated heterocycles. The van der Waals surface area contributed by atoms with E-state index in [9.17, 15) is 40.0 Å². The van der Waals surface area contributed by atoms with Crippen molar-refractivity contribution in [2.24, 2.45) is 0 Å². The number of ether oxygens (including phenoxy) is 2. The minimum Gasteiger partial charge on any atom is -0.505 e. The van der Waals surface area contributed by atoms with Gasteiger partial charge in [0.25, 0.3) is 11.4 Å². The number of benzene rings is 4. The minimum atomic E-state index is -1.12. The summed E-state index contributed by atoms with van der Waals surface area (Å²) in [5.74, 6) is -1.16. The molecule has 16 heteroatoms. The van der Waals surface area contributed by atoms with E-state index in [1.165, 1.54) is 38.5 Å². The predicted molar refractivity (Wildman–Crippen MR) is 159 cm³/mol. The molecule has 0 atom stereocenters. The van der Waals surface area contributed by atoms with Crippen LogP contribution >= 0.6 is 0 Å². The number of aromatic hydroxyl groups is 2. The lowest BCUT2D eigenvalue weighted by Crippen LogP contribution is -2.54. The van der Waals surface area contributed by atoms with Gasteiger partial charge in [0.2, 0.25) is 0 Å². The number of hydrogen-bond acceptors (Lipinski definition) is 10. The van der Waals surface area contributed by atoms with Crippen molar-refractivity contribution in [1.29, 1.82) is 0 Å². The van der Waals surface area contributed by atoms with E-state index in [2.05, 4.69) is 10.6 Å². The molecule has 0 aromatic heterocycles. The molecule has 4 aromatic rings. The van der Waals surface area contributed by atoms with Crippen LogP contribution in [0.1, 0.15) is 0 Å². The Balaban J connectivity index is 1.94. The normalized spacial score (nSPS) is 10.3. The number of para-hydroxylation sites is 4. The number of nitro benzene ring substituents is 2. The predicted octanol–water partition coefficient (Wildman–Crippen LogP) is 5.62. The Morgan fingerprint density at radius 1 is 0.659 bits per heavy atom. The third-order valence-electron chi connectivity index (χ3n) is 6.08. The van der Waals surface area contributed by atoms with E-state index in [0.29, 0.717) is 10.0 Å².